The van der Waals surface area contributed by atoms with Crippen molar-refractivity contribution in [3.8, 4) is 0 Å². The van der Waals surface area contributed by atoms with Gasteiger partial charge in [-0.2, -0.15) is 0 Å². The van der Waals surface area contributed by atoms with Gasteiger partial charge in [0.15, 0.2) is 0 Å². The quantitative estimate of drug-likeness (QED) is 0.270. The van der Waals surface area contributed by atoms with Crippen LogP contribution in [-0.2, 0) is 4.79 Å². The van der Waals surface area contributed by atoms with Crippen LogP contribution in [0.15, 0.2) is 47.4 Å². The minimum Gasteiger partial charge on any atom is -0.294 e. The molecule has 1 amide bonds. The van der Waals surface area contributed by atoms with Crippen LogP contribution >= 0.6 is 11.8 Å². The smallest absolute Gasteiger partial charge is 0.233 e. The highest BCUT2D eigenvalue weighted by molar-refractivity contribution is 7.99. The fourth-order valence-corrected chi connectivity index (χ4v) is 3.04. The van der Waals surface area contributed by atoms with Crippen LogP contribution in [0.4, 0.5) is 0 Å². The highest BCUT2D eigenvalue weighted by Gasteiger charge is 1.99. The first-order chi connectivity index (χ1) is 9.79. The van der Waals surface area contributed by atoms with Gasteiger partial charge >= 0.3 is 0 Å². The third kappa shape index (κ3) is 4.54. The maximum absolute atomic E-state index is 10.9. The minimum absolute atomic E-state index is 0.0767. The largest absolute Gasteiger partial charge is 0.294 e. The molecule has 106 valence electrons. The number of unbranched alkanes of at least 4 members (excludes halogenated alkanes) is 2. The molecule has 2 rings (SSSR count). The Balaban J connectivity index is 1.72. The second-order valence-corrected chi connectivity index (χ2v) is 5.90. The Labute approximate surface area is 123 Å². The van der Waals surface area contributed by atoms with Crippen molar-refractivity contribution in [2.45, 2.75) is 30.6 Å². The first kappa shape index (κ1) is 14.9. The highest BCUT2D eigenvalue weighted by atomic mass is 32.2. The van der Waals surface area contributed by atoms with Crippen LogP contribution in [0.3, 0.4) is 0 Å². The van der Waals surface area contributed by atoms with Crippen LogP contribution in [0.1, 0.15) is 25.7 Å². The van der Waals surface area contributed by atoms with Gasteiger partial charge in [0, 0.05) is 11.3 Å². The Bertz CT molecular complexity index is 571. The number of nitrogens with two attached hydrogens (primary N) is 1. The summed E-state index contributed by atoms with van der Waals surface area (Å²) in [6.07, 6.45) is 3.61. The van der Waals surface area contributed by atoms with Gasteiger partial charge in [-0.3, -0.25) is 10.2 Å². The summed E-state index contributed by atoms with van der Waals surface area (Å²) in [6.45, 7) is 0. The fraction of sp³-hybridized carbons (Fsp3) is 0.312. The van der Waals surface area contributed by atoms with E-state index in [1.54, 1.807) is 0 Å². The van der Waals surface area contributed by atoms with E-state index in [2.05, 4.69) is 47.9 Å². The molecule has 0 aliphatic rings. The molecule has 3 N–H and O–H groups in total. The van der Waals surface area contributed by atoms with E-state index in [0.29, 0.717) is 6.42 Å². The first-order valence-electron chi connectivity index (χ1n) is 6.90. The lowest BCUT2D eigenvalue weighted by Crippen LogP contribution is -2.29. The normalized spacial score (nSPS) is 10.7. The van der Waals surface area contributed by atoms with Crippen LogP contribution in [0.5, 0.6) is 0 Å². The number of thioether (sulfide) groups is 1. The molecule has 2 aromatic rings. The summed E-state index contributed by atoms with van der Waals surface area (Å²) in [7, 11) is 0. The molecule has 4 heteroatoms. The van der Waals surface area contributed by atoms with E-state index >= 15 is 0 Å². The molecule has 0 atom stereocenters. The van der Waals surface area contributed by atoms with Gasteiger partial charge in [0.1, 0.15) is 0 Å². The summed E-state index contributed by atoms with van der Waals surface area (Å²) in [6, 6.07) is 15.0. The highest BCUT2D eigenvalue weighted by Crippen LogP contribution is 2.24. The first-order valence-corrected chi connectivity index (χ1v) is 7.89. The molecule has 0 saturated carbocycles. The molecule has 0 heterocycles. The summed E-state index contributed by atoms with van der Waals surface area (Å²) in [5, 5.41) is 2.57. The number of benzene rings is 2. The molecule has 0 aliphatic carbocycles. The van der Waals surface area contributed by atoms with Gasteiger partial charge in [0.05, 0.1) is 0 Å². The second kappa shape index (κ2) is 7.92. The van der Waals surface area contributed by atoms with Crippen molar-refractivity contribution >= 4 is 28.4 Å². The SMILES string of the molecule is NNC(=O)CCCCCSc1ccc2ccccc2c1. The van der Waals surface area contributed by atoms with Gasteiger partial charge in [0.25, 0.3) is 0 Å². The number of amides is 1. The summed E-state index contributed by atoms with van der Waals surface area (Å²) in [5.41, 5.74) is 2.15. The topological polar surface area (TPSA) is 55.1 Å². The Hall–Kier alpha value is -1.52. The van der Waals surface area contributed by atoms with Gasteiger partial charge in [-0.05, 0) is 41.5 Å². The van der Waals surface area contributed by atoms with Gasteiger partial charge in [-0.15, -0.1) is 11.8 Å². The second-order valence-electron chi connectivity index (χ2n) is 4.74. The number of hydrogen-bond donors (Lipinski definition) is 2. The van der Waals surface area contributed by atoms with E-state index in [-0.39, 0.29) is 5.91 Å². The van der Waals surface area contributed by atoms with E-state index in [1.807, 2.05) is 11.8 Å². The maximum Gasteiger partial charge on any atom is 0.233 e. The Morgan fingerprint density at radius 1 is 1.05 bits per heavy atom. The van der Waals surface area contributed by atoms with Crippen molar-refractivity contribution in [2.75, 3.05) is 5.75 Å². The molecule has 0 unspecified atom stereocenters. The Kier molecular flexibility index (Phi) is 5.89. The lowest BCUT2D eigenvalue weighted by molar-refractivity contribution is -0.121. The zero-order valence-corrected chi connectivity index (χ0v) is 12.3. The predicted molar refractivity (Wildman–Crippen MR) is 85.5 cm³/mol. The lowest BCUT2D eigenvalue weighted by Gasteiger charge is -2.04. The molecular formula is C16H20N2OS. The van der Waals surface area contributed by atoms with Crippen LogP contribution in [0.25, 0.3) is 10.8 Å². The van der Waals surface area contributed by atoms with E-state index in [1.165, 1.54) is 15.7 Å². The van der Waals surface area contributed by atoms with Gasteiger partial charge in [-0.1, -0.05) is 36.8 Å². The fourth-order valence-electron chi connectivity index (χ4n) is 2.08. The van der Waals surface area contributed by atoms with Crippen molar-refractivity contribution in [2.24, 2.45) is 5.84 Å². The zero-order chi connectivity index (χ0) is 14.2. The molecule has 0 fully saturated rings. The number of nitrogens with one attached hydrogen (secondary N) is 1. The number of rotatable bonds is 7. The van der Waals surface area contributed by atoms with Crippen molar-refractivity contribution in [1.29, 1.82) is 0 Å². The van der Waals surface area contributed by atoms with E-state index in [0.717, 1.165) is 25.0 Å². The Morgan fingerprint density at radius 3 is 2.65 bits per heavy atom. The van der Waals surface area contributed by atoms with Crippen LogP contribution in [-0.4, -0.2) is 11.7 Å². The number of carbonyl (C=O) groups excluding carboxylic acids is 1. The van der Waals surface area contributed by atoms with E-state index in [9.17, 15) is 4.79 Å². The average Bonchev–Trinajstić information content (AvgIpc) is 2.50. The summed E-state index contributed by atoms with van der Waals surface area (Å²) >= 11 is 1.87. The van der Waals surface area contributed by atoms with Crippen molar-refractivity contribution in [3.63, 3.8) is 0 Å². The van der Waals surface area contributed by atoms with E-state index in [4.69, 9.17) is 5.84 Å². The molecule has 0 bridgehead atoms. The number of hydrazine groups is 1. The van der Waals surface area contributed by atoms with Crippen LogP contribution in [0, 0.1) is 0 Å². The molecule has 0 radical (unpaired) electrons. The molecule has 0 aliphatic heterocycles. The summed E-state index contributed by atoms with van der Waals surface area (Å²) in [5.74, 6) is 6.04. The van der Waals surface area contributed by atoms with Gasteiger partial charge in [0.2, 0.25) is 5.91 Å². The number of carbonyl (C=O) groups is 1. The summed E-state index contributed by atoms with van der Waals surface area (Å²) in [4.78, 5) is 12.3. The number of fused-ring (bicyclic) bond motifs is 1. The van der Waals surface area contributed by atoms with Gasteiger partial charge < -0.3 is 0 Å². The third-order valence-electron chi connectivity index (χ3n) is 3.20. The third-order valence-corrected chi connectivity index (χ3v) is 4.28. The molecular weight excluding hydrogens is 268 g/mol. The predicted octanol–water partition coefficient (Wildman–Crippen LogP) is 3.48. The van der Waals surface area contributed by atoms with E-state index < -0.39 is 0 Å². The standard InChI is InChI=1S/C16H20N2OS/c17-18-16(19)8-2-1-5-11-20-15-10-9-13-6-3-4-7-14(13)12-15/h3-4,6-7,9-10,12H,1-2,5,8,11,17H2,(H,18,19). The van der Waals surface area contributed by atoms with Crippen molar-refractivity contribution < 1.29 is 4.79 Å². The summed E-state index contributed by atoms with van der Waals surface area (Å²) < 4.78 is 0. The zero-order valence-electron chi connectivity index (χ0n) is 11.5. The average molecular weight is 288 g/mol. The molecule has 3 nitrogen and oxygen atoms in total. The van der Waals surface area contributed by atoms with Crippen molar-refractivity contribution in [3.05, 3.63) is 42.5 Å². The number of hydrogen-bond acceptors (Lipinski definition) is 3. The lowest BCUT2D eigenvalue weighted by atomic mass is 10.1. The molecule has 20 heavy (non-hydrogen) atoms. The van der Waals surface area contributed by atoms with Crippen LogP contribution in [0.2, 0.25) is 0 Å². The molecule has 2 aromatic carbocycles. The Morgan fingerprint density at radius 2 is 1.85 bits per heavy atom. The maximum atomic E-state index is 10.9. The van der Waals surface area contributed by atoms with Crippen LogP contribution < -0.4 is 11.3 Å². The van der Waals surface area contributed by atoms with Crippen molar-refractivity contribution in [1.82, 2.24) is 5.43 Å². The minimum atomic E-state index is -0.0767. The monoisotopic (exact) mass is 288 g/mol. The molecule has 0 aromatic heterocycles. The molecule has 0 spiro atoms. The van der Waals surface area contributed by atoms with Gasteiger partial charge in [-0.25, -0.2) is 5.84 Å². The molecule has 0 saturated heterocycles.